The van der Waals surface area contributed by atoms with Crippen molar-refractivity contribution in [3.8, 4) is 0 Å². The molecule has 15 heavy (non-hydrogen) atoms. The third kappa shape index (κ3) is 1.90. The van der Waals surface area contributed by atoms with E-state index in [0.29, 0.717) is 5.69 Å². The number of hydrogen-bond acceptors (Lipinski definition) is 3. The van der Waals surface area contributed by atoms with Gasteiger partial charge in [0.15, 0.2) is 0 Å². The van der Waals surface area contributed by atoms with Crippen molar-refractivity contribution in [3.05, 3.63) is 24.0 Å². The molecule has 1 aromatic rings. The highest BCUT2D eigenvalue weighted by molar-refractivity contribution is 6.22. The number of carbonyl (C=O) groups is 1. The zero-order valence-corrected chi connectivity index (χ0v) is 8.81. The first-order valence-corrected chi connectivity index (χ1v) is 5.22. The minimum atomic E-state index is -0.942. The standard InChI is InChI=1S/C10H11ClN2O2/c11-9-2-1-5-13(9)8-6-12-4-3-7(8)10(14)15/h3-4,6,9H,1-2,5H2,(H,14,15). The molecule has 1 saturated heterocycles. The van der Waals surface area contributed by atoms with Crippen LogP contribution in [0.3, 0.4) is 0 Å². The molecule has 1 atom stereocenters. The summed E-state index contributed by atoms with van der Waals surface area (Å²) in [5.74, 6) is -0.942. The highest BCUT2D eigenvalue weighted by Crippen LogP contribution is 2.29. The highest BCUT2D eigenvalue weighted by Gasteiger charge is 2.26. The number of pyridine rings is 1. The van der Waals surface area contributed by atoms with Crippen molar-refractivity contribution in [1.82, 2.24) is 4.98 Å². The van der Waals surface area contributed by atoms with Crippen molar-refractivity contribution >= 4 is 23.3 Å². The van der Waals surface area contributed by atoms with Crippen LogP contribution >= 0.6 is 11.6 Å². The number of rotatable bonds is 2. The van der Waals surface area contributed by atoms with E-state index >= 15 is 0 Å². The van der Waals surface area contributed by atoms with Crippen molar-refractivity contribution in [3.63, 3.8) is 0 Å². The number of aromatic carboxylic acids is 1. The number of carboxylic acids is 1. The Morgan fingerprint density at radius 1 is 1.67 bits per heavy atom. The van der Waals surface area contributed by atoms with Gasteiger partial charge in [-0.3, -0.25) is 4.98 Å². The van der Waals surface area contributed by atoms with Gasteiger partial charge in [0.05, 0.1) is 17.4 Å². The number of alkyl halides is 1. The Morgan fingerprint density at radius 3 is 3.07 bits per heavy atom. The lowest BCUT2D eigenvalue weighted by Gasteiger charge is -2.22. The molecule has 4 nitrogen and oxygen atoms in total. The summed E-state index contributed by atoms with van der Waals surface area (Å²) in [5, 5.41) is 9.01. The molecule has 0 aliphatic carbocycles. The van der Waals surface area contributed by atoms with Crippen LogP contribution in [0.4, 0.5) is 5.69 Å². The number of aromatic nitrogens is 1. The summed E-state index contributed by atoms with van der Waals surface area (Å²) >= 11 is 6.09. The van der Waals surface area contributed by atoms with Crippen molar-refractivity contribution in [2.45, 2.75) is 18.3 Å². The van der Waals surface area contributed by atoms with Crippen LogP contribution in [-0.2, 0) is 0 Å². The summed E-state index contributed by atoms with van der Waals surface area (Å²) in [6.45, 7) is 0.792. The molecule has 1 aliphatic heterocycles. The average molecular weight is 227 g/mol. The molecule has 80 valence electrons. The highest BCUT2D eigenvalue weighted by atomic mass is 35.5. The SMILES string of the molecule is O=C(O)c1ccncc1N1CCCC1Cl. The molecule has 0 radical (unpaired) electrons. The minimum absolute atomic E-state index is 0.118. The van der Waals surface area contributed by atoms with Gasteiger partial charge in [-0.1, -0.05) is 11.6 Å². The molecular weight excluding hydrogens is 216 g/mol. The van der Waals surface area contributed by atoms with Crippen molar-refractivity contribution in [1.29, 1.82) is 0 Å². The summed E-state index contributed by atoms with van der Waals surface area (Å²) in [6, 6.07) is 1.50. The summed E-state index contributed by atoms with van der Waals surface area (Å²) in [6.07, 6.45) is 4.91. The molecule has 0 spiro atoms. The van der Waals surface area contributed by atoms with Crippen LogP contribution in [-0.4, -0.2) is 28.1 Å². The number of nitrogens with zero attached hydrogens (tertiary/aromatic N) is 2. The van der Waals surface area contributed by atoms with Gasteiger partial charge in [0.2, 0.25) is 0 Å². The molecule has 2 rings (SSSR count). The zero-order valence-electron chi connectivity index (χ0n) is 8.06. The molecule has 5 heteroatoms. The summed E-state index contributed by atoms with van der Waals surface area (Å²) < 4.78 is 0. The number of anilines is 1. The molecule has 0 bridgehead atoms. The Kier molecular flexibility index (Phi) is 2.77. The fourth-order valence-electron chi connectivity index (χ4n) is 1.79. The van der Waals surface area contributed by atoms with E-state index in [4.69, 9.17) is 16.7 Å². The monoisotopic (exact) mass is 226 g/mol. The van der Waals surface area contributed by atoms with E-state index in [1.807, 2.05) is 4.90 Å². The second-order valence-electron chi connectivity index (χ2n) is 3.47. The van der Waals surface area contributed by atoms with E-state index in [0.717, 1.165) is 19.4 Å². The Labute approximate surface area is 92.5 Å². The van der Waals surface area contributed by atoms with E-state index in [1.165, 1.54) is 12.3 Å². The maximum absolute atomic E-state index is 11.0. The molecule has 1 aromatic heterocycles. The fourth-order valence-corrected chi connectivity index (χ4v) is 2.15. The van der Waals surface area contributed by atoms with E-state index in [9.17, 15) is 4.79 Å². The van der Waals surface area contributed by atoms with Crippen molar-refractivity contribution in [2.24, 2.45) is 0 Å². The van der Waals surface area contributed by atoms with Crippen LogP contribution in [0.2, 0.25) is 0 Å². The van der Waals surface area contributed by atoms with Crippen LogP contribution in [0.1, 0.15) is 23.2 Å². The first kappa shape index (κ1) is 10.2. The van der Waals surface area contributed by atoms with Crippen molar-refractivity contribution < 1.29 is 9.90 Å². The molecule has 1 fully saturated rings. The van der Waals surface area contributed by atoms with Gasteiger partial charge in [-0.2, -0.15) is 0 Å². The zero-order chi connectivity index (χ0) is 10.8. The molecule has 0 aromatic carbocycles. The molecule has 1 unspecified atom stereocenters. The third-order valence-electron chi connectivity index (χ3n) is 2.52. The molecule has 2 heterocycles. The summed E-state index contributed by atoms with van der Waals surface area (Å²) in [7, 11) is 0. The second-order valence-corrected chi connectivity index (χ2v) is 3.97. The van der Waals surface area contributed by atoms with Crippen LogP contribution in [0.15, 0.2) is 18.5 Å². The Bertz CT molecular complexity index is 383. The third-order valence-corrected chi connectivity index (χ3v) is 2.97. The van der Waals surface area contributed by atoms with Gasteiger partial charge in [-0.25, -0.2) is 4.79 Å². The van der Waals surface area contributed by atoms with Gasteiger partial charge in [-0.05, 0) is 18.9 Å². The van der Waals surface area contributed by atoms with Crippen LogP contribution < -0.4 is 4.90 Å². The van der Waals surface area contributed by atoms with E-state index in [1.54, 1.807) is 6.20 Å². The lowest BCUT2D eigenvalue weighted by molar-refractivity contribution is 0.0697. The summed E-state index contributed by atoms with van der Waals surface area (Å²) in [5.41, 5.74) is 0.757. The smallest absolute Gasteiger partial charge is 0.337 e. The molecule has 0 saturated carbocycles. The Morgan fingerprint density at radius 2 is 2.47 bits per heavy atom. The first-order valence-electron chi connectivity index (χ1n) is 4.78. The van der Waals surface area contributed by atoms with Gasteiger partial charge in [0.25, 0.3) is 0 Å². The first-order chi connectivity index (χ1) is 7.20. The molecule has 0 amide bonds. The van der Waals surface area contributed by atoms with Crippen LogP contribution in [0.25, 0.3) is 0 Å². The quantitative estimate of drug-likeness (QED) is 0.619. The Hall–Kier alpha value is -1.29. The molecule has 1 N–H and O–H groups in total. The minimum Gasteiger partial charge on any atom is -0.478 e. The second kappa shape index (κ2) is 4.06. The number of halogens is 1. The summed E-state index contributed by atoms with van der Waals surface area (Å²) in [4.78, 5) is 16.8. The average Bonchev–Trinajstić information content (AvgIpc) is 2.64. The van der Waals surface area contributed by atoms with Gasteiger partial charge >= 0.3 is 5.97 Å². The van der Waals surface area contributed by atoms with Gasteiger partial charge in [0, 0.05) is 12.7 Å². The lowest BCUT2D eigenvalue weighted by Crippen LogP contribution is -2.26. The lowest BCUT2D eigenvalue weighted by atomic mass is 10.2. The van der Waals surface area contributed by atoms with E-state index in [-0.39, 0.29) is 11.1 Å². The fraction of sp³-hybridized carbons (Fsp3) is 0.400. The predicted octanol–water partition coefficient (Wildman–Crippen LogP) is 1.94. The van der Waals surface area contributed by atoms with Gasteiger partial charge < -0.3 is 10.0 Å². The van der Waals surface area contributed by atoms with Gasteiger partial charge in [-0.15, -0.1) is 0 Å². The van der Waals surface area contributed by atoms with E-state index < -0.39 is 5.97 Å². The van der Waals surface area contributed by atoms with Crippen molar-refractivity contribution in [2.75, 3.05) is 11.4 Å². The maximum Gasteiger partial charge on any atom is 0.337 e. The van der Waals surface area contributed by atoms with Gasteiger partial charge in [0.1, 0.15) is 5.50 Å². The normalized spacial score (nSPS) is 20.6. The number of carboxylic acid groups (broad SMARTS) is 1. The maximum atomic E-state index is 11.0. The molecule has 1 aliphatic rings. The van der Waals surface area contributed by atoms with Crippen LogP contribution in [0, 0.1) is 0 Å². The largest absolute Gasteiger partial charge is 0.478 e. The topological polar surface area (TPSA) is 53.4 Å². The van der Waals surface area contributed by atoms with E-state index in [2.05, 4.69) is 4.98 Å². The molecular formula is C10H11ClN2O2. The predicted molar refractivity (Wildman–Crippen MR) is 57.4 cm³/mol. The van der Waals surface area contributed by atoms with Crippen LogP contribution in [0.5, 0.6) is 0 Å². The number of hydrogen-bond donors (Lipinski definition) is 1. The Balaban J connectivity index is 2.38.